The Balaban J connectivity index is 1.75. The number of aromatic nitrogens is 2. The highest BCUT2D eigenvalue weighted by Crippen LogP contribution is 2.26. The molecule has 0 atom stereocenters. The molecule has 0 fully saturated rings. The Kier molecular flexibility index (Phi) is 5.98. The van der Waals surface area contributed by atoms with Gasteiger partial charge in [0.2, 0.25) is 5.91 Å². The molecule has 26 heavy (non-hydrogen) atoms. The van der Waals surface area contributed by atoms with Gasteiger partial charge in [-0.2, -0.15) is 0 Å². The summed E-state index contributed by atoms with van der Waals surface area (Å²) >= 11 is 12.9. The number of halogens is 2. The minimum Gasteiger partial charge on any atom is -0.324 e. The van der Waals surface area contributed by atoms with Gasteiger partial charge in [-0.25, -0.2) is 0 Å². The topological polar surface area (TPSA) is 72.0 Å². The van der Waals surface area contributed by atoms with Crippen molar-refractivity contribution in [2.45, 2.75) is 6.42 Å². The number of nitrogens with one attached hydrogen (secondary N) is 1. The molecule has 0 aliphatic rings. The fourth-order valence-corrected chi connectivity index (χ4v) is 3.32. The number of ketones is 1. The molecular formula is C18H13Cl2N3O2S. The van der Waals surface area contributed by atoms with Crippen molar-refractivity contribution < 1.29 is 9.59 Å². The molecule has 8 heteroatoms. The highest BCUT2D eigenvalue weighted by atomic mass is 35.5. The van der Waals surface area contributed by atoms with Crippen LogP contribution in [0.5, 0.6) is 0 Å². The van der Waals surface area contributed by atoms with Crippen molar-refractivity contribution >= 4 is 51.9 Å². The van der Waals surface area contributed by atoms with Crippen LogP contribution in [0.15, 0.2) is 48.5 Å². The zero-order valence-corrected chi connectivity index (χ0v) is 15.7. The van der Waals surface area contributed by atoms with Crippen molar-refractivity contribution in [1.29, 1.82) is 0 Å². The third-order valence-corrected chi connectivity index (χ3v) is 5.03. The Labute approximate surface area is 164 Å². The van der Waals surface area contributed by atoms with Gasteiger partial charge in [-0.1, -0.05) is 53.3 Å². The lowest BCUT2D eigenvalue weighted by Gasteiger charge is -2.07. The van der Waals surface area contributed by atoms with Crippen molar-refractivity contribution in [1.82, 2.24) is 10.2 Å². The third kappa shape index (κ3) is 4.46. The lowest BCUT2D eigenvalue weighted by molar-refractivity contribution is -0.113. The minimum atomic E-state index is -0.394. The average molecular weight is 406 g/mol. The predicted octanol–water partition coefficient (Wildman–Crippen LogP) is 4.46. The van der Waals surface area contributed by atoms with Gasteiger partial charge in [0.15, 0.2) is 5.78 Å². The molecule has 0 saturated carbocycles. The van der Waals surface area contributed by atoms with E-state index in [0.717, 1.165) is 10.6 Å². The van der Waals surface area contributed by atoms with E-state index >= 15 is 0 Å². The van der Waals surface area contributed by atoms with Gasteiger partial charge in [0.05, 0.1) is 17.1 Å². The number of rotatable bonds is 6. The molecule has 0 aliphatic heterocycles. The van der Waals surface area contributed by atoms with Gasteiger partial charge < -0.3 is 5.32 Å². The molecule has 132 valence electrons. The molecule has 0 radical (unpaired) electrons. The van der Waals surface area contributed by atoms with Crippen LogP contribution in [0, 0.1) is 0 Å². The van der Waals surface area contributed by atoms with Crippen LogP contribution >= 0.6 is 34.5 Å². The van der Waals surface area contributed by atoms with E-state index in [2.05, 4.69) is 15.5 Å². The number of hydrogen-bond donors (Lipinski definition) is 1. The summed E-state index contributed by atoms with van der Waals surface area (Å²) in [6.45, 7) is 0. The molecule has 0 aliphatic carbocycles. The zero-order valence-electron chi connectivity index (χ0n) is 13.4. The van der Waals surface area contributed by atoms with Crippen LogP contribution in [-0.2, 0) is 11.2 Å². The van der Waals surface area contributed by atoms with Crippen LogP contribution in [0.25, 0.3) is 10.6 Å². The number of anilines is 1. The Morgan fingerprint density at radius 2 is 1.85 bits per heavy atom. The number of carbonyl (C=O) groups excluding carboxylic acids is 2. The van der Waals surface area contributed by atoms with E-state index in [1.165, 1.54) is 17.4 Å². The maximum atomic E-state index is 12.5. The van der Waals surface area contributed by atoms with E-state index in [1.54, 1.807) is 12.1 Å². The second-order valence-corrected chi connectivity index (χ2v) is 7.08. The summed E-state index contributed by atoms with van der Waals surface area (Å²) in [5, 5.41) is 12.5. The lowest BCUT2D eigenvalue weighted by atomic mass is 10.1. The first-order valence-electron chi connectivity index (χ1n) is 7.63. The van der Waals surface area contributed by atoms with Crippen molar-refractivity contribution in [2.24, 2.45) is 0 Å². The highest BCUT2D eigenvalue weighted by Gasteiger charge is 2.14. The van der Waals surface area contributed by atoms with Crippen molar-refractivity contribution in [3.63, 3.8) is 0 Å². The quantitative estimate of drug-likeness (QED) is 0.485. The van der Waals surface area contributed by atoms with Gasteiger partial charge in [0.1, 0.15) is 15.9 Å². The standard InChI is InChI=1S/C18H13Cl2N3O2S/c19-10-16(25)21-14-8-12(6-7-13(14)20)15(24)9-17-22-23-18(26-17)11-4-2-1-3-5-11/h1-8H,9-10H2,(H,21,25). The van der Waals surface area contributed by atoms with E-state index in [-0.39, 0.29) is 18.1 Å². The maximum absolute atomic E-state index is 12.5. The Hall–Kier alpha value is -2.28. The second kappa shape index (κ2) is 8.40. The van der Waals surface area contributed by atoms with Crippen LogP contribution in [0.2, 0.25) is 5.02 Å². The number of Topliss-reactive ketones (excluding diaryl/α,β-unsaturated/α-hetero) is 1. The predicted molar refractivity (Wildman–Crippen MR) is 104 cm³/mol. The molecule has 1 heterocycles. The van der Waals surface area contributed by atoms with Crippen LogP contribution in [0.3, 0.4) is 0 Å². The third-order valence-electron chi connectivity index (χ3n) is 3.48. The van der Waals surface area contributed by atoms with Crippen molar-refractivity contribution in [2.75, 3.05) is 11.2 Å². The summed E-state index contributed by atoms with van der Waals surface area (Å²) in [7, 11) is 0. The van der Waals surface area contributed by atoms with E-state index in [1.807, 2.05) is 30.3 Å². The molecule has 0 saturated heterocycles. The summed E-state index contributed by atoms with van der Waals surface area (Å²) in [6, 6.07) is 14.4. The fourth-order valence-electron chi connectivity index (χ4n) is 2.24. The number of alkyl halides is 1. The minimum absolute atomic E-state index is 0.120. The lowest BCUT2D eigenvalue weighted by Crippen LogP contribution is -2.13. The van der Waals surface area contributed by atoms with Gasteiger partial charge in [-0.05, 0) is 18.2 Å². The first-order valence-corrected chi connectivity index (χ1v) is 9.36. The van der Waals surface area contributed by atoms with Crippen molar-refractivity contribution in [3.8, 4) is 10.6 Å². The summed E-state index contributed by atoms with van der Waals surface area (Å²) in [6.07, 6.45) is 0.120. The van der Waals surface area contributed by atoms with Gasteiger partial charge >= 0.3 is 0 Å². The molecule has 0 spiro atoms. The molecule has 0 unspecified atom stereocenters. The summed E-state index contributed by atoms with van der Waals surface area (Å²) in [5.41, 5.74) is 1.74. The van der Waals surface area contributed by atoms with Crippen LogP contribution in [0.1, 0.15) is 15.4 Å². The zero-order chi connectivity index (χ0) is 18.5. The smallest absolute Gasteiger partial charge is 0.239 e. The number of carbonyl (C=O) groups is 2. The van der Waals surface area contributed by atoms with E-state index in [0.29, 0.717) is 21.3 Å². The van der Waals surface area contributed by atoms with Crippen molar-refractivity contribution in [3.05, 3.63) is 64.1 Å². The van der Waals surface area contributed by atoms with E-state index in [9.17, 15) is 9.59 Å². The molecular weight excluding hydrogens is 393 g/mol. The van der Waals surface area contributed by atoms with Gasteiger partial charge in [-0.15, -0.1) is 21.8 Å². The molecule has 1 amide bonds. The summed E-state index contributed by atoms with van der Waals surface area (Å²) in [5.74, 6) is -0.727. The molecule has 1 aromatic heterocycles. The largest absolute Gasteiger partial charge is 0.324 e. The average Bonchev–Trinajstić information content (AvgIpc) is 3.12. The number of nitrogens with zero attached hydrogens (tertiary/aromatic N) is 2. The molecule has 3 aromatic rings. The summed E-state index contributed by atoms with van der Waals surface area (Å²) < 4.78 is 0. The first-order chi connectivity index (χ1) is 12.6. The van der Waals surface area contributed by atoms with Crippen LogP contribution < -0.4 is 5.32 Å². The maximum Gasteiger partial charge on any atom is 0.239 e. The molecule has 3 rings (SSSR count). The number of hydrogen-bond acceptors (Lipinski definition) is 5. The molecule has 1 N–H and O–H groups in total. The monoisotopic (exact) mass is 405 g/mol. The Morgan fingerprint density at radius 1 is 1.08 bits per heavy atom. The fraction of sp³-hybridized carbons (Fsp3) is 0.111. The van der Waals surface area contributed by atoms with Gasteiger partial charge in [0.25, 0.3) is 0 Å². The number of amides is 1. The summed E-state index contributed by atoms with van der Waals surface area (Å²) in [4.78, 5) is 24.0. The number of benzene rings is 2. The van der Waals surface area contributed by atoms with E-state index in [4.69, 9.17) is 23.2 Å². The van der Waals surface area contributed by atoms with Crippen LogP contribution in [0.4, 0.5) is 5.69 Å². The van der Waals surface area contributed by atoms with Gasteiger partial charge in [-0.3, -0.25) is 9.59 Å². The van der Waals surface area contributed by atoms with Crippen LogP contribution in [-0.4, -0.2) is 27.8 Å². The second-order valence-electron chi connectivity index (χ2n) is 5.34. The molecule has 2 aromatic carbocycles. The highest BCUT2D eigenvalue weighted by molar-refractivity contribution is 7.14. The Bertz CT molecular complexity index is 945. The molecule has 5 nitrogen and oxygen atoms in total. The van der Waals surface area contributed by atoms with Gasteiger partial charge in [0, 0.05) is 11.1 Å². The van der Waals surface area contributed by atoms with E-state index < -0.39 is 5.91 Å². The molecule has 0 bridgehead atoms. The first kappa shape index (κ1) is 18.5. The normalized spacial score (nSPS) is 10.5. The SMILES string of the molecule is O=C(CCl)Nc1cc(C(=O)Cc2nnc(-c3ccccc3)s2)ccc1Cl. The Morgan fingerprint density at radius 3 is 2.58 bits per heavy atom.